The van der Waals surface area contributed by atoms with Gasteiger partial charge in [0.25, 0.3) is 0 Å². The topological polar surface area (TPSA) is 66.0 Å². The number of carboxylic acid groups (broad SMARTS) is 1. The van der Waals surface area contributed by atoms with Crippen LogP contribution in [-0.2, 0) is 0 Å². The molecule has 0 fully saturated rings. The quantitative estimate of drug-likeness (QED) is 0.663. The number of carboxylic acids is 1. The molecule has 0 aliphatic heterocycles. The number of hydrogen-bond acceptors (Lipinski definition) is 2. The summed E-state index contributed by atoms with van der Waals surface area (Å²) >= 11 is 0. The van der Waals surface area contributed by atoms with Gasteiger partial charge in [-0.1, -0.05) is 0 Å². The number of fused-ring (bicyclic) bond motifs is 1. The number of H-pyrrole nitrogens is 1. The van der Waals surface area contributed by atoms with E-state index in [4.69, 9.17) is 5.11 Å². The van der Waals surface area contributed by atoms with E-state index in [2.05, 4.69) is 9.97 Å². The summed E-state index contributed by atoms with van der Waals surface area (Å²) in [4.78, 5) is 17.2. The lowest BCUT2D eigenvalue weighted by Gasteiger charge is -1.92. The zero-order valence-corrected chi connectivity index (χ0v) is 6.11. The fourth-order valence-electron chi connectivity index (χ4n) is 1.06. The van der Waals surface area contributed by atoms with Gasteiger partial charge in [-0.05, 0) is 12.1 Å². The maximum Gasteiger partial charge on any atom is 0.354 e. The highest BCUT2D eigenvalue weighted by molar-refractivity contribution is 5.90. The zero-order chi connectivity index (χ0) is 8.55. The van der Waals surface area contributed by atoms with Gasteiger partial charge in [-0.2, -0.15) is 0 Å². The van der Waals surface area contributed by atoms with E-state index in [1.54, 1.807) is 6.20 Å². The van der Waals surface area contributed by atoms with E-state index in [-0.39, 0.29) is 5.69 Å². The summed E-state index contributed by atoms with van der Waals surface area (Å²) in [7, 11) is 0. The average Bonchev–Trinajstić information content (AvgIpc) is 2.49. The molecule has 60 valence electrons. The normalized spacial score (nSPS) is 10.3. The Morgan fingerprint density at radius 2 is 2.42 bits per heavy atom. The molecule has 0 atom stereocenters. The largest absolute Gasteiger partial charge is 0.477 e. The minimum absolute atomic E-state index is 0.0601. The molecule has 0 radical (unpaired) electrons. The van der Waals surface area contributed by atoms with Gasteiger partial charge in [-0.25, -0.2) is 9.78 Å². The van der Waals surface area contributed by atoms with Crippen LogP contribution in [-0.4, -0.2) is 21.0 Å². The number of pyridine rings is 1. The molecule has 0 unspecified atom stereocenters. The maximum absolute atomic E-state index is 10.5. The molecule has 0 bridgehead atoms. The molecule has 2 aromatic heterocycles. The van der Waals surface area contributed by atoms with Crippen LogP contribution in [0.25, 0.3) is 10.9 Å². The van der Waals surface area contributed by atoms with E-state index >= 15 is 0 Å². The molecule has 0 saturated heterocycles. The van der Waals surface area contributed by atoms with E-state index in [1.165, 1.54) is 12.3 Å². The molecule has 0 aliphatic rings. The maximum atomic E-state index is 10.5. The number of carbonyl (C=O) groups is 1. The number of aromatic amines is 1. The van der Waals surface area contributed by atoms with Gasteiger partial charge in [0.2, 0.25) is 0 Å². The summed E-state index contributed by atoms with van der Waals surface area (Å²) in [6, 6.07) is 3.35. The third-order valence-electron chi connectivity index (χ3n) is 1.66. The van der Waals surface area contributed by atoms with Crippen molar-refractivity contribution in [1.29, 1.82) is 0 Å². The number of aromatic nitrogens is 2. The molecule has 0 aromatic carbocycles. The number of hydrogen-bond donors (Lipinski definition) is 2. The Balaban J connectivity index is 2.68. The Hall–Kier alpha value is -1.84. The number of aromatic carboxylic acids is 1. The first-order chi connectivity index (χ1) is 5.77. The Kier molecular flexibility index (Phi) is 1.33. The Labute approximate surface area is 67.9 Å². The van der Waals surface area contributed by atoms with Crippen LogP contribution in [0.15, 0.2) is 24.5 Å². The molecule has 4 heteroatoms. The van der Waals surface area contributed by atoms with E-state index in [9.17, 15) is 4.79 Å². The summed E-state index contributed by atoms with van der Waals surface area (Å²) in [5, 5.41) is 9.52. The van der Waals surface area contributed by atoms with Crippen molar-refractivity contribution in [2.24, 2.45) is 0 Å². The highest BCUT2D eigenvalue weighted by Crippen LogP contribution is 2.11. The van der Waals surface area contributed by atoms with Crippen molar-refractivity contribution in [2.45, 2.75) is 0 Å². The minimum Gasteiger partial charge on any atom is -0.477 e. The number of nitrogens with one attached hydrogen (secondary N) is 1. The summed E-state index contributed by atoms with van der Waals surface area (Å²) in [5.74, 6) is -1.01. The van der Waals surface area contributed by atoms with Gasteiger partial charge in [-0.15, -0.1) is 0 Å². The second-order valence-electron chi connectivity index (χ2n) is 2.44. The minimum atomic E-state index is -1.01. The standard InChI is InChI=1S/C8H6N2O2/c11-8(12)7-3-6-5(4-10-7)1-2-9-6/h1-4,9H,(H,11,12). The molecule has 0 aliphatic carbocycles. The fourth-order valence-corrected chi connectivity index (χ4v) is 1.06. The van der Waals surface area contributed by atoms with Crippen molar-refractivity contribution in [3.05, 3.63) is 30.2 Å². The predicted molar refractivity (Wildman–Crippen MR) is 43.1 cm³/mol. The molecule has 2 rings (SSSR count). The highest BCUT2D eigenvalue weighted by atomic mass is 16.4. The smallest absolute Gasteiger partial charge is 0.354 e. The molecule has 0 spiro atoms. The molecular weight excluding hydrogens is 156 g/mol. The van der Waals surface area contributed by atoms with Gasteiger partial charge in [0.15, 0.2) is 0 Å². The van der Waals surface area contributed by atoms with Gasteiger partial charge < -0.3 is 10.1 Å². The van der Waals surface area contributed by atoms with Crippen molar-refractivity contribution in [3.63, 3.8) is 0 Å². The third-order valence-corrected chi connectivity index (χ3v) is 1.66. The highest BCUT2D eigenvalue weighted by Gasteiger charge is 2.04. The Morgan fingerprint density at radius 3 is 3.17 bits per heavy atom. The first kappa shape index (κ1) is 6.84. The second kappa shape index (κ2) is 2.34. The van der Waals surface area contributed by atoms with E-state index in [0.717, 1.165) is 10.9 Å². The average molecular weight is 162 g/mol. The third kappa shape index (κ3) is 0.934. The van der Waals surface area contributed by atoms with E-state index < -0.39 is 5.97 Å². The lowest BCUT2D eigenvalue weighted by Crippen LogP contribution is -1.98. The van der Waals surface area contributed by atoms with Crippen molar-refractivity contribution in [2.75, 3.05) is 0 Å². The summed E-state index contributed by atoms with van der Waals surface area (Å²) in [5.41, 5.74) is 0.854. The van der Waals surface area contributed by atoms with Crippen LogP contribution >= 0.6 is 0 Å². The van der Waals surface area contributed by atoms with Crippen LogP contribution in [0.2, 0.25) is 0 Å². The monoisotopic (exact) mass is 162 g/mol. The van der Waals surface area contributed by atoms with Crippen molar-refractivity contribution in [1.82, 2.24) is 9.97 Å². The molecule has 0 amide bonds. The first-order valence-electron chi connectivity index (χ1n) is 3.44. The van der Waals surface area contributed by atoms with E-state index in [0.29, 0.717) is 0 Å². The summed E-state index contributed by atoms with van der Waals surface area (Å²) in [6.07, 6.45) is 3.28. The molecular formula is C8H6N2O2. The van der Waals surface area contributed by atoms with Crippen LogP contribution in [0.5, 0.6) is 0 Å². The molecule has 0 saturated carbocycles. The van der Waals surface area contributed by atoms with Gasteiger partial charge in [0, 0.05) is 23.3 Å². The fraction of sp³-hybridized carbons (Fsp3) is 0. The van der Waals surface area contributed by atoms with E-state index in [1.807, 2.05) is 6.07 Å². The van der Waals surface area contributed by atoms with Crippen LogP contribution in [0, 0.1) is 0 Å². The van der Waals surface area contributed by atoms with Crippen LogP contribution in [0.3, 0.4) is 0 Å². The molecule has 2 heterocycles. The predicted octanol–water partition coefficient (Wildman–Crippen LogP) is 1.26. The molecule has 4 nitrogen and oxygen atoms in total. The van der Waals surface area contributed by atoms with Gasteiger partial charge >= 0.3 is 5.97 Å². The lowest BCUT2D eigenvalue weighted by atomic mass is 10.3. The molecule has 2 N–H and O–H groups in total. The SMILES string of the molecule is O=C(O)c1cc2[nH]ccc2cn1. The van der Waals surface area contributed by atoms with Gasteiger partial charge in [-0.3, -0.25) is 0 Å². The zero-order valence-electron chi connectivity index (χ0n) is 6.11. The Bertz CT molecular complexity index is 433. The summed E-state index contributed by atoms with van der Waals surface area (Å²) < 4.78 is 0. The summed E-state index contributed by atoms with van der Waals surface area (Å²) in [6.45, 7) is 0. The van der Waals surface area contributed by atoms with Crippen molar-refractivity contribution in [3.8, 4) is 0 Å². The Morgan fingerprint density at radius 1 is 1.58 bits per heavy atom. The number of rotatable bonds is 1. The molecule has 12 heavy (non-hydrogen) atoms. The van der Waals surface area contributed by atoms with Crippen molar-refractivity contribution >= 4 is 16.9 Å². The van der Waals surface area contributed by atoms with Crippen LogP contribution in [0.4, 0.5) is 0 Å². The van der Waals surface area contributed by atoms with Crippen LogP contribution in [0.1, 0.15) is 10.5 Å². The molecule has 2 aromatic rings. The number of nitrogens with zero attached hydrogens (tertiary/aromatic N) is 1. The second-order valence-corrected chi connectivity index (χ2v) is 2.44. The van der Waals surface area contributed by atoms with Gasteiger partial charge in [0.05, 0.1) is 0 Å². The first-order valence-corrected chi connectivity index (χ1v) is 3.44. The van der Waals surface area contributed by atoms with Crippen LogP contribution < -0.4 is 0 Å². The van der Waals surface area contributed by atoms with Crippen molar-refractivity contribution < 1.29 is 9.90 Å². The lowest BCUT2D eigenvalue weighted by molar-refractivity contribution is 0.0690. The van der Waals surface area contributed by atoms with Gasteiger partial charge in [0.1, 0.15) is 5.69 Å².